The summed E-state index contributed by atoms with van der Waals surface area (Å²) in [4.78, 5) is 17.6. The van der Waals surface area contributed by atoms with E-state index < -0.39 is 6.10 Å². The van der Waals surface area contributed by atoms with E-state index in [1.807, 2.05) is 0 Å². The third-order valence-electron chi connectivity index (χ3n) is 4.51. The van der Waals surface area contributed by atoms with E-state index in [4.69, 9.17) is 0 Å². The van der Waals surface area contributed by atoms with Gasteiger partial charge in [-0.1, -0.05) is 6.07 Å². The lowest BCUT2D eigenvalue weighted by atomic mass is 10.2. The number of imidazole rings is 1. The van der Waals surface area contributed by atoms with E-state index in [9.17, 15) is 14.3 Å². The number of aliphatic hydroxyl groups excluding tert-OH is 1. The molecule has 2 aromatic rings. The van der Waals surface area contributed by atoms with Crippen molar-refractivity contribution in [3.8, 4) is 5.69 Å². The summed E-state index contributed by atoms with van der Waals surface area (Å²) in [6.07, 6.45) is 4.91. The molecule has 3 rings (SSSR count). The lowest BCUT2D eigenvalue weighted by Gasteiger charge is -2.21. The van der Waals surface area contributed by atoms with Gasteiger partial charge < -0.3 is 19.9 Å². The maximum Gasteiger partial charge on any atom is 0.317 e. The van der Waals surface area contributed by atoms with E-state index in [1.54, 1.807) is 43.1 Å². The van der Waals surface area contributed by atoms with Crippen LogP contribution < -0.4 is 5.32 Å². The molecule has 1 unspecified atom stereocenters. The van der Waals surface area contributed by atoms with Crippen LogP contribution in [0.3, 0.4) is 0 Å². The predicted octanol–water partition coefficient (Wildman–Crippen LogP) is 2.23. The fraction of sp³-hybridized carbons (Fsp3) is 0.444. The zero-order valence-electron chi connectivity index (χ0n) is 14.4. The van der Waals surface area contributed by atoms with Gasteiger partial charge in [0.1, 0.15) is 11.6 Å². The molecule has 0 bridgehead atoms. The summed E-state index contributed by atoms with van der Waals surface area (Å²) >= 11 is 0. The summed E-state index contributed by atoms with van der Waals surface area (Å²) in [6, 6.07) is 4.58. The van der Waals surface area contributed by atoms with Crippen LogP contribution in [0.4, 0.5) is 9.18 Å². The fourth-order valence-corrected chi connectivity index (χ4v) is 2.79. The van der Waals surface area contributed by atoms with Crippen LogP contribution >= 0.6 is 0 Å². The first-order valence-corrected chi connectivity index (χ1v) is 8.41. The van der Waals surface area contributed by atoms with Crippen molar-refractivity contribution in [1.29, 1.82) is 0 Å². The summed E-state index contributed by atoms with van der Waals surface area (Å²) in [5, 5.41) is 12.6. The zero-order valence-corrected chi connectivity index (χ0v) is 14.4. The van der Waals surface area contributed by atoms with Crippen LogP contribution in [-0.4, -0.2) is 45.3 Å². The van der Waals surface area contributed by atoms with Crippen LogP contribution in [0.2, 0.25) is 0 Å². The largest absolute Gasteiger partial charge is 0.391 e. The van der Waals surface area contributed by atoms with E-state index in [2.05, 4.69) is 10.3 Å². The molecule has 1 aliphatic carbocycles. The van der Waals surface area contributed by atoms with E-state index in [-0.39, 0.29) is 18.4 Å². The molecule has 2 N–H and O–H groups in total. The molecule has 2 amide bonds. The maximum absolute atomic E-state index is 14.3. The Balaban J connectivity index is 1.57. The van der Waals surface area contributed by atoms with Crippen molar-refractivity contribution in [1.82, 2.24) is 19.8 Å². The molecule has 25 heavy (non-hydrogen) atoms. The highest BCUT2D eigenvalue weighted by Crippen LogP contribution is 2.32. The third-order valence-corrected chi connectivity index (χ3v) is 4.51. The van der Waals surface area contributed by atoms with Crippen molar-refractivity contribution in [2.24, 2.45) is 5.92 Å². The number of aryl methyl sites for hydroxylation is 1. The number of amides is 2. The Morgan fingerprint density at radius 1 is 1.52 bits per heavy atom. The molecular formula is C18H23FN4O2. The molecule has 1 aromatic heterocycles. The molecule has 1 aromatic carbocycles. The summed E-state index contributed by atoms with van der Waals surface area (Å²) in [6.45, 7) is 2.34. The monoisotopic (exact) mass is 346 g/mol. The van der Waals surface area contributed by atoms with E-state index in [0.717, 1.165) is 12.8 Å². The Bertz CT molecular complexity index is 757. The van der Waals surface area contributed by atoms with Crippen LogP contribution in [0.5, 0.6) is 0 Å². The number of aromatic nitrogens is 2. The van der Waals surface area contributed by atoms with Crippen LogP contribution in [0.1, 0.15) is 24.2 Å². The number of halogens is 1. The minimum atomic E-state index is -0.467. The van der Waals surface area contributed by atoms with Crippen molar-refractivity contribution in [2.75, 3.05) is 13.6 Å². The molecule has 0 aliphatic heterocycles. The minimum Gasteiger partial charge on any atom is -0.391 e. The summed E-state index contributed by atoms with van der Waals surface area (Å²) < 4.78 is 16.0. The fourth-order valence-electron chi connectivity index (χ4n) is 2.79. The molecule has 1 fully saturated rings. The Morgan fingerprint density at radius 2 is 2.28 bits per heavy atom. The summed E-state index contributed by atoms with van der Waals surface area (Å²) in [7, 11) is 1.65. The van der Waals surface area contributed by atoms with Gasteiger partial charge in [-0.15, -0.1) is 0 Å². The minimum absolute atomic E-state index is 0.225. The van der Waals surface area contributed by atoms with Gasteiger partial charge in [0.2, 0.25) is 0 Å². The van der Waals surface area contributed by atoms with Gasteiger partial charge in [-0.25, -0.2) is 14.2 Å². The van der Waals surface area contributed by atoms with Gasteiger partial charge in [0, 0.05) is 32.5 Å². The summed E-state index contributed by atoms with van der Waals surface area (Å²) in [5.74, 6) is 0.657. The van der Waals surface area contributed by atoms with Gasteiger partial charge in [0.25, 0.3) is 0 Å². The van der Waals surface area contributed by atoms with Gasteiger partial charge in [0.05, 0.1) is 11.8 Å². The average Bonchev–Trinajstić information content (AvgIpc) is 3.35. The van der Waals surface area contributed by atoms with Gasteiger partial charge in [0.15, 0.2) is 0 Å². The highest BCUT2D eigenvalue weighted by atomic mass is 19.1. The smallest absolute Gasteiger partial charge is 0.317 e. The van der Waals surface area contributed by atoms with E-state index in [0.29, 0.717) is 29.5 Å². The highest BCUT2D eigenvalue weighted by molar-refractivity contribution is 5.73. The predicted molar refractivity (Wildman–Crippen MR) is 91.9 cm³/mol. The molecule has 1 atom stereocenters. The number of hydrogen-bond donors (Lipinski definition) is 2. The van der Waals surface area contributed by atoms with Crippen LogP contribution in [0, 0.1) is 18.7 Å². The lowest BCUT2D eigenvalue weighted by molar-refractivity contribution is 0.113. The van der Waals surface area contributed by atoms with Crippen molar-refractivity contribution in [3.63, 3.8) is 0 Å². The van der Waals surface area contributed by atoms with E-state index >= 15 is 0 Å². The third kappa shape index (κ3) is 4.17. The maximum atomic E-state index is 14.3. The Labute approximate surface area is 146 Å². The normalized spacial score (nSPS) is 15.0. The van der Waals surface area contributed by atoms with Gasteiger partial charge in [-0.2, -0.15) is 0 Å². The molecule has 134 valence electrons. The molecule has 6 nitrogen and oxygen atoms in total. The number of rotatable bonds is 6. The standard InChI is InChI=1S/C18H23FN4O2/c1-12-20-7-8-23(12)16-6-3-13(9-15(16)19)10-21-18(25)22(2)11-17(24)14-4-5-14/h3,6-9,14,17,24H,4-5,10-11H2,1-2H3,(H,21,25). The van der Waals surface area contributed by atoms with Crippen molar-refractivity contribution in [2.45, 2.75) is 32.4 Å². The van der Waals surface area contributed by atoms with Gasteiger partial charge in [-0.3, -0.25) is 0 Å². The molecule has 1 aliphatic rings. The molecule has 0 spiro atoms. The summed E-state index contributed by atoms with van der Waals surface area (Å²) in [5.41, 5.74) is 1.10. The molecule has 1 heterocycles. The quantitative estimate of drug-likeness (QED) is 0.843. The number of nitrogens with zero attached hydrogens (tertiary/aromatic N) is 3. The first-order chi connectivity index (χ1) is 12.0. The topological polar surface area (TPSA) is 70.4 Å². The Morgan fingerprint density at radius 3 is 2.88 bits per heavy atom. The first-order valence-electron chi connectivity index (χ1n) is 8.41. The van der Waals surface area contributed by atoms with Gasteiger partial charge in [-0.05, 0) is 43.4 Å². The second-order valence-corrected chi connectivity index (χ2v) is 6.57. The second kappa shape index (κ2) is 7.23. The number of urea groups is 1. The van der Waals surface area contributed by atoms with Crippen LogP contribution in [-0.2, 0) is 6.54 Å². The number of likely N-dealkylation sites (N-methyl/N-ethyl adjacent to an activating group) is 1. The van der Waals surface area contributed by atoms with Crippen molar-refractivity contribution < 1.29 is 14.3 Å². The average molecular weight is 346 g/mol. The Kier molecular flexibility index (Phi) is 5.03. The number of benzene rings is 1. The molecular weight excluding hydrogens is 323 g/mol. The highest BCUT2D eigenvalue weighted by Gasteiger charge is 2.31. The molecule has 0 saturated heterocycles. The zero-order chi connectivity index (χ0) is 18.0. The molecule has 1 saturated carbocycles. The van der Waals surface area contributed by atoms with Crippen LogP contribution in [0.25, 0.3) is 5.69 Å². The SMILES string of the molecule is Cc1nccn1-c1ccc(CNC(=O)N(C)CC(O)C2CC2)cc1F. The number of aliphatic hydroxyl groups is 1. The number of nitrogens with one attached hydrogen (secondary N) is 1. The first kappa shape index (κ1) is 17.4. The van der Waals surface area contributed by atoms with Crippen LogP contribution in [0.15, 0.2) is 30.6 Å². The molecule has 0 radical (unpaired) electrons. The number of carbonyl (C=O) groups excluding carboxylic acids is 1. The number of hydrogen-bond acceptors (Lipinski definition) is 3. The molecule has 7 heteroatoms. The van der Waals surface area contributed by atoms with Crippen molar-refractivity contribution in [3.05, 3.63) is 47.8 Å². The number of carbonyl (C=O) groups is 1. The van der Waals surface area contributed by atoms with Crippen molar-refractivity contribution >= 4 is 6.03 Å². The Hall–Kier alpha value is -2.41. The van der Waals surface area contributed by atoms with E-state index in [1.165, 1.54) is 11.0 Å². The lowest BCUT2D eigenvalue weighted by Crippen LogP contribution is -2.41. The van der Waals surface area contributed by atoms with Gasteiger partial charge >= 0.3 is 6.03 Å². The second-order valence-electron chi connectivity index (χ2n) is 6.57.